The van der Waals surface area contributed by atoms with Crippen LogP contribution in [0.4, 0.5) is 10.5 Å². The van der Waals surface area contributed by atoms with Crippen molar-refractivity contribution in [3.05, 3.63) is 64.1 Å². The topological polar surface area (TPSA) is 64.2 Å². The van der Waals surface area contributed by atoms with Gasteiger partial charge in [-0.3, -0.25) is 14.5 Å². The van der Waals surface area contributed by atoms with E-state index in [2.05, 4.69) is 0 Å². The molecule has 3 fully saturated rings. The van der Waals surface area contributed by atoms with Crippen LogP contribution in [-0.2, 0) is 9.59 Å². The Hall–Kier alpha value is -2.77. The van der Waals surface area contributed by atoms with Crippen LogP contribution in [0.2, 0.25) is 10.0 Å². The Morgan fingerprint density at radius 1 is 0.838 bits per heavy atom. The predicted octanol–water partition coefficient (Wildman–Crippen LogP) is 4.88. The second kappa shape index (κ2) is 10.9. The number of carbonyl (C=O) groups excluding carboxylic acids is 3. The zero-order chi connectivity index (χ0) is 26.1. The highest BCUT2D eigenvalue weighted by Crippen LogP contribution is 2.37. The number of nitrogens with zero attached hydrogens (tertiary/aromatic N) is 4. The van der Waals surface area contributed by atoms with Crippen molar-refractivity contribution in [2.45, 2.75) is 38.1 Å². The lowest BCUT2D eigenvalue weighted by atomic mass is 9.84. The average Bonchev–Trinajstić information content (AvgIpc) is 3.31. The zero-order valence-electron chi connectivity index (χ0n) is 21.0. The Morgan fingerprint density at radius 2 is 1.54 bits per heavy atom. The van der Waals surface area contributed by atoms with E-state index in [-0.39, 0.29) is 35.7 Å². The molecule has 3 heterocycles. The van der Waals surface area contributed by atoms with Crippen LogP contribution < -0.4 is 4.90 Å². The average molecular weight is 543 g/mol. The fourth-order valence-corrected chi connectivity index (χ4v) is 6.30. The number of hydrogen-bond acceptors (Lipinski definition) is 3. The van der Waals surface area contributed by atoms with Gasteiger partial charge in [-0.25, -0.2) is 4.79 Å². The quantitative estimate of drug-likeness (QED) is 0.553. The number of urea groups is 1. The van der Waals surface area contributed by atoms with Crippen LogP contribution in [0.25, 0.3) is 0 Å². The largest absolute Gasteiger partial charge is 0.343 e. The van der Waals surface area contributed by atoms with Crippen molar-refractivity contribution >= 4 is 46.7 Å². The molecule has 37 heavy (non-hydrogen) atoms. The summed E-state index contributed by atoms with van der Waals surface area (Å²) in [6.45, 7) is 5.20. The van der Waals surface area contributed by atoms with Crippen LogP contribution in [0.15, 0.2) is 48.5 Å². The number of carbonyl (C=O) groups is 3. The molecule has 0 aliphatic carbocycles. The molecule has 3 aliphatic heterocycles. The van der Waals surface area contributed by atoms with Gasteiger partial charge in [-0.15, -0.1) is 0 Å². The van der Waals surface area contributed by atoms with E-state index in [0.717, 1.165) is 11.3 Å². The summed E-state index contributed by atoms with van der Waals surface area (Å²) in [5.41, 5.74) is 1.87. The number of likely N-dealkylation sites (tertiary alicyclic amines) is 2. The first kappa shape index (κ1) is 25.9. The van der Waals surface area contributed by atoms with Gasteiger partial charge in [0.1, 0.15) is 0 Å². The molecule has 2 aromatic rings. The third kappa shape index (κ3) is 5.30. The highest BCUT2D eigenvalue weighted by atomic mass is 35.5. The third-order valence-electron chi connectivity index (χ3n) is 8.06. The number of para-hydroxylation sites is 1. The molecular formula is C28H32Cl2N4O3. The van der Waals surface area contributed by atoms with Gasteiger partial charge in [-0.1, -0.05) is 47.5 Å². The summed E-state index contributed by atoms with van der Waals surface area (Å²) >= 11 is 12.6. The van der Waals surface area contributed by atoms with Gasteiger partial charge in [0.2, 0.25) is 11.8 Å². The summed E-state index contributed by atoms with van der Waals surface area (Å²) in [5, 5.41) is 0.951. The molecule has 5 rings (SSSR count). The van der Waals surface area contributed by atoms with E-state index in [1.807, 2.05) is 62.1 Å². The zero-order valence-corrected chi connectivity index (χ0v) is 22.5. The lowest BCUT2D eigenvalue weighted by Crippen LogP contribution is -2.54. The van der Waals surface area contributed by atoms with Gasteiger partial charge < -0.3 is 14.7 Å². The van der Waals surface area contributed by atoms with Gasteiger partial charge in [0.15, 0.2) is 0 Å². The number of halogens is 2. The molecule has 9 heteroatoms. The Labute approximate surface area is 227 Å². The second-order valence-corrected chi connectivity index (χ2v) is 11.0. The minimum Gasteiger partial charge on any atom is -0.343 e. The van der Waals surface area contributed by atoms with E-state index in [1.54, 1.807) is 13.0 Å². The number of piperidine rings is 2. The summed E-state index contributed by atoms with van der Waals surface area (Å²) in [6, 6.07) is 15.3. The summed E-state index contributed by atoms with van der Waals surface area (Å²) < 4.78 is 0. The lowest BCUT2D eigenvalue weighted by Gasteiger charge is -2.44. The van der Waals surface area contributed by atoms with Crippen molar-refractivity contribution in [3.8, 4) is 0 Å². The molecule has 0 N–H and O–H groups in total. The van der Waals surface area contributed by atoms with Gasteiger partial charge in [-0.2, -0.15) is 0 Å². The second-order valence-electron chi connectivity index (χ2n) is 10.2. The highest BCUT2D eigenvalue weighted by molar-refractivity contribution is 6.42. The van der Waals surface area contributed by atoms with Crippen LogP contribution in [0.1, 0.15) is 37.7 Å². The molecule has 0 aromatic heterocycles. The highest BCUT2D eigenvalue weighted by Gasteiger charge is 2.43. The fourth-order valence-electron chi connectivity index (χ4n) is 5.99. The normalized spacial score (nSPS) is 23.1. The molecule has 3 aliphatic rings. The molecular weight excluding hydrogens is 511 g/mol. The number of amides is 4. The SMILES string of the molecule is CC(=O)N1CCC(C(=O)N2CC[C@@H](N3CCN(c4ccccc4)C3=O)[C@H](c3ccc(Cl)c(Cl)c3)C2)CC1. The summed E-state index contributed by atoms with van der Waals surface area (Å²) in [6.07, 6.45) is 2.07. The minimum absolute atomic E-state index is 0.00218. The van der Waals surface area contributed by atoms with E-state index >= 15 is 0 Å². The molecule has 2 atom stereocenters. The molecule has 0 unspecified atom stereocenters. The van der Waals surface area contributed by atoms with E-state index in [1.165, 1.54) is 0 Å². The molecule has 0 radical (unpaired) electrons. The van der Waals surface area contributed by atoms with E-state index in [4.69, 9.17) is 23.2 Å². The van der Waals surface area contributed by atoms with Crippen molar-refractivity contribution < 1.29 is 14.4 Å². The van der Waals surface area contributed by atoms with Gasteiger partial charge in [-0.05, 0) is 49.1 Å². The number of benzene rings is 2. The Morgan fingerprint density at radius 3 is 2.22 bits per heavy atom. The lowest BCUT2D eigenvalue weighted by molar-refractivity contribution is -0.141. The first-order valence-corrected chi connectivity index (χ1v) is 13.7. The Kier molecular flexibility index (Phi) is 7.63. The van der Waals surface area contributed by atoms with Gasteiger partial charge >= 0.3 is 6.03 Å². The molecule has 196 valence electrons. The van der Waals surface area contributed by atoms with Crippen LogP contribution in [0.3, 0.4) is 0 Å². The standard InChI is InChI=1S/C28H32Cl2N4O3/c1-19(35)31-12-9-20(10-13-31)27(36)32-14-11-26(23(18-32)21-7-8-24(29)25(30)17-21)34-16-15-33(28(34)37)22-5-3-2-4-6-22/h2-8,17,20,23,26H,9-16,18H2,1H3/t23-,26+/m0/s1. The Bertz CT molecular complexity index is 1170. The van der Waals surface area contributed by atoms with Gasteiger partial charge in [0, 0.05) is 69.8 Å². The van der Waals surface area contributed by atoms with Gasteiger partial charge in [0.05, 0.1) is 10.0 Å². The smallest absolute Gasteiger partial charge is 0.324 e. The van der Waals surface area contributed by atoms with Crippen molar-refractivity contribution in [3.63, 3.8) is 0 Å². The monoisotopic (exact) mass is 542 g/mol. The van der Waals surface area contributed by atoms with Crippen molar-refractivity contribution in [2.24, 2.45) is 5.92 Å². The van der Waals surface area contributed by atoms with Crippen molar-refractivity contribution in [1.29, 1.82) is 0 Å². The molecule has 3 saturated heterocycles. The van der Waals surface area contributed by atoms with E-state index in [9.17, 15) is 14.4 Å². The Balaban J connectivity index is 1.36. The van der Waals surface area contributed by atoms with E-state index in [0.29, 0.717) is 68.6 Å². The fraction of sp³-hybridized carbons (Fsp3) is 0.464. The molecule has 0 spiro atoms. The summed E-state index contributed by atoms with van der Waals surface area (Å²) in [4.78, 5) is 46.3. The first-order chi connectivity index (χ1) is 17.8. The maximum atomic E-state index is 13.5. The van der Waals surface area contributed by atoms with Crippen molar-refractivity contribution in [1.82, 2.24) is 14.7 Å². The number of rotatable bonds is 4. The molecule has 7 nitrogen and oxygen atoms in total. The molecule has 2 aromatic carbocycles. The molecule has 0 bridgehead atoms. The number of anilines is 1. The van der Waals surface area contributed by atoms with E-state index < -0.39 is 0 Å². The predicted molar refractivity (Wildman–Crippen MR) is 145 cm³/mol. The third-order valence-corrected chi connectivity index (χ3v) is 8.80. The molecule has 0 saturated carbocycles. The van der Waals surface area contributed by atoms with Crippen LogP contribution in [-0.4, -0.2) is 77.9 Å². The summed E-state index contributed by atoms with van der Waals surface area (Å²) in [7, 11) is 0. The molecule has 4 amide bonds. The summed E-state index contributed by atoms with van der Waals surface area (Å²) in [5.74, 6) is 0.0460. The maximum absolute atomic E-state index is 13.5. The first-order valence-electron chi connectivity index (χ1n) is 13.0. The van der Waals surface area contributed by atoms with Crippen LogP contribution in [0.5, 0.6) is 0 Å². The van der Waals surface area contributed by atoms with Gasteiger partial charge in [0.25, 0.3) is 0 Å². The number of hydrogen-bond donors (Lipinski definition) is 0. The van der Waals surface area contributed by atoms with Crippen LogP contribution in [0, 0.1) is 5.92 Å². The minimum atomic E-state index is -0.0800. The maximum Gasteiger partial charge on any atom is 0.324 e. The van der Waals surface area contributed by atoms with Crippen LogP contribution >= 0.6 is 23.2 Å². The van der Waals surface area contributed by atoms with Crippen molar-refractivity contribution in [2.75, 3.05) is 44.2 Å².